The van der Waals surface area contributed by atoms with E-state index in [4.69, 9.17) is 10.5 Å². The molecule has 0 bridgehead atoms. The minimum absolute atomic E-state index is 0.0845. The van der Waals surface area contributed by atoms with E-state index in [-0.39, 0.29) is 5.91 Å². The van der Waals surface area contributed by atoms with Gasteiger partial charge in [-0.3, -0.25) is 4.79 Å². The molecule has 112 valence electrons. The number of nitrogen functional groups attached to an aromatic ring is 1. The minimum Gasteiger partial charge on any atom is -0.462 e. The zero-order chi connectivity index (χ0) is 15.3. The van der Waals surface area contributed by atoms with Gasteiger partial charge in [0.1, 0.15) is 5.00 Å². The molecule has 1 aromatic heterocycles. The molecular weight excluding hydrogens is 276 g/mol. The van der Waals surface area contributed by atoms with Crippen LogP contribution < -0.4 is 5.73 Å². The maximum atomic E-state index is 12.4. The minimum atomic E-state index is -0.448. The molecule has 20 heavy (non-hydrogen) atoms. The lowest BCUT2D eigenvalue weighted by molar-refractivity contribution is 0.0506. The Morgan fingerprint density at radius 2 is 1.85 bits per heavy atom. The number of carbonyl (C=O) groups excluding carboxylic acids is 2. The first-order chi connectivity index (χ1) is 9.47. The van der Waals surface area contributed by atoms with Crippen LogP contribution in [0.2, 0.25) is 0 Å². The molecule has 1 rings (SSSR count). The molecule has 0 fully saturated rings. The van der Waals surface area contributed by atoms with Crippen molar-refractivity contribution in [2.24, 2.45) is 0 Å². The van der Waals surface area contributed by atoms with Gasteiger partial charge >= 0.3 is 5.97 Å². The van der Waals surface area contributed by atoms with Gasteiger partial charge in [-0.25, -0.2) is 4.79 Å². The van der Waals surface area contributed by atoms with Gasteiger partial charge in [-0.1, -0.05) is 6.92 Å². The Morgan fingerprint density at radius 1 is 1.25 bits per heavy atom. The molecule has 1 heterocycles. The van der Waals surface area contributed by atoms with Gasteiger partial charge in [-0.15, -0.1) is 11.3 Å². The zero-order valence-electron chi connectivity index (χ0n) is 12.5. The van der Waals surface area contributed by atoms with E-state index >= 15 is 0 Å². The van der Waals surface area contributed by atoms with Gasteiger partial charge in [-0.05, 0) is 32.8 Å². The standard InChI is InChI=1S/C14H22N2O3S/c1-5-8-19-14(18)10-9(4)11(20-12(10)15)13(17)16(6-2)7-3/h5-8,15H2,1-4H3. The summed E-state index contributed by atoms with van der Waals surface area (Å²) in [6, 6.07) is 0. The summed E-state index contributed by atoms with van der Waals surface area (Å²) < 4.78 is 5.11. The van der Waals surface area contributed by atoms with Crippen molar-refractivity contribution in [2.75, 3.05) is 25.4 Å². The van der Waals surface area contributed by atoms with Gasteiger partial charge in [0.2, 0.25) is 0 Å². The smallest absolute Gasteiger partial charge is 0.341 e. The number of nitrogens with two attached hydrogens (primary N) is 1. The third-order valence-electron chi connectivity index (χ3n) is 3.06. The molecular formula is C14H22N2O3S. The molecule has 0 aliphatic heterocycles. The number of hydrogen-bond acceptors (Lipinski definition) is 5. The Labute approximate surface area is 123 Å². The quantitative estimate of drug-likeness (QED) is 0.820. The van der Waals surface area contributed by atoms with E-state index < -0.39 is 5.97 Å². The highest BCUT2D eigenvalue weighted by Gasteiger charge is 2.26. The van der Waals surface area contributed by atoms with Crippen molar-refractivity contribution in [3.63, 3.8) is 0 Å². The number of anilines is 1. The molecule has 0 saturated carbocycles. The van der Waals surface area contributed by atoms with Gasteiger partial charge in [0.25, 0.3) is 5.91 Å². The van der Waals surface area contributed by atoms with Crippen LogP contribution in [0.1, 0.15) is 52.8 Å². The SMILES string of the molecule is CCCOC(=O)c1c(N)sc(C(=O)N(CC)CC)c1C. The van der Waals surface area contributed by atoms with Crippen LogP contribution in [0.25, 0.3) is 0 Å². The summed E-state index contributed by atoms with van der Waals surface area (Å²) in [7, 11) is 0. The van der Waals surface area contributed by atoms with Crippen molar-refractivity contribution in [1.29, 1.82) is 0 Å². The normalized spacial score (nSPS) is 10.4. The molecule has 0 saturated heterocycles. The molecule has 0 radical (unpaired) electrons. The Bertz CT molecular complexity index is 493. The van der Waals surface area contributed by atoms with Crippen molar-refractivity contribution in [3.05, 3.63) is 16.0 Å². The van der Waals surface area contributed by atoms with E-state index in [9.17, 15) is 9.59 Å². The Balaban J connectivity index is 3.08. The Hall–Kier alpha value is -1.56. The van der Waals surface area contributed by atoms with Crippen LogP contribution >= 0.6 is 11.3 Å². The summed E-state index contributed by atoms with van der Waals surface area (Å²) in [5, 5.41) is 0.346. The van der Waals surface area contributed by atoms with Crippen LogP contribution in [-0.4, -0.2) is 36.5 Å². The predicted octanol–water partition coefficient (Wildman–Crippen LogP) is 2.69. The first kappa shape index (κ1) is 16.5. The highest BCUT2D eigenvalue weighted by atomic mass is 32.1. The van der Waals surface area contributed by atoms with Crippen LogP contribution in [0.5, 0.6) is 0 Å². The summed E-state index contributed by atoms with van der Waals surface area (Å²) in [4.78, 5) is 26.6. The van der Waals surface area contributed by atoms with Crippen molar-refractivity contribution >= 4 is 28.2 Å². The number of hydrogen-bond donors (Lipinski definition) is 1. The molecule has 0 spiro atoms. The maximum Gasteiger partial charge on any atom is 0.341 e. The zero-order valence-corrected chi connectivity index (χ0v) is 13.3. The molecule has 0 aliphatic rings. The van der Waals surface area contributed by atoms with Crippen LogP contribution in [-0.2, 0) is 4.74 Å². The molecule has 0 unspecified atom stereocenters. The topological polar surface area (TPSA) is 72.6 Å². The Morgan fingerprint density at radius 3 is 2.35 bits per heavy atom. The first-order valence-electron chi connectivity index (χ1n) is 6.83. The number of amides is 1. The van der Waals surface area contributed by atoms with Crippen LogP contribution in [0.3, 0.4) is 0 Å². The molecule has 2 N–H and O–H groups in total. The second kappa shape index (κ2) is 7.28. The number of nitrogens with zero attached hydrogens (tertiary/aromatic N) is 1. The summed E-state index contributed by atoms with van der Waals surface area (Å²) in [6.45, 7) is 9.12. The van der Waals surface area contributed by atoms with Gasteiger partial charge < -0.3 is 15.4 Å². The van der Waals surface area contributed by atoms with E-state index in [2.05, 4.69) is 0 Å². The Kier molecular flexibility index (Phi) is 6.01. The number of esters is 1. The monoisotopic (exact) mass is 298 g/mol. The molecule has 1 aromatic rings. The van der Waals surface area contributed by atoms with Gasteiger partial charge in [0.05, 0.1) is 17.0 Å². The fourth-order valence-corrected chi connectivity index (χ4v) is 2.94. The molecule has 6 heteroatoms. The highest BCUT2D eigenvalue weighted by Crippen LogP contribution is 2.32. The van der Waals surface area contributed by atoms with E-state index in [1.807, 2.05) is 20.8 Å². The summed E-state index contributed by atoms with van der Waals surface area (Å²) >= 11 is 1.16. The average molecular weight is 298 g/mol. The van der Waals surface area contributed by atoms with E-state index in [0.29, 0.717) is 40.7 Å². The van der Waals surface area contributed by atoms with Crippen LogP contribution in [0.15, 0.2) is 0 Å². The summed E-state index contributed by atoms with van der Waals surface area (Å²) in [6.07, 6.45) is 0.750. The van der Waals surface area contributed by atoms with Crippen molar-refractivity contribution < 1.29 is 14.3 Å². The maximum absolute atomic E-state index is 12.4. The van der Waals surface area contributed by atoms with Gasteiger partial charge in [0, 0.05) is 13.1 Å². The largest absolute Gasteiger partial charge is 0.462 e. The average Bonchev–Trinajstić information content (AvgIpc) is 2.72. The van der Waals surface area contributed by atoms with Gasteiger partial charge in [-0.2, -0.15) is 0 Å². The van der Waals surface area contributed by atoms with E-state index in [1.165, 1.54) is 0 Å². The molecule has 0 aliphatic carbocycles. The summed E-state index contributed by atoms with van der Waals surface area (Å²) in [5.74, 6) is -0.532. The van der Waals surface area contributed by atoms with Crippen molar-refractivity contribution in [3.8, 4) is 0 Å². The van der Waals surface area contributed by atoms with E-state index in [1.54, 1.807) is 11.8 Å². The third-order valence-corrected chi connectivity index (χ3v) is 4.17. The van der Waals surface area contributed by atoms with Crippen LogP contribution in [0.4, 0.5) is 5.00 Å². The third kappa shape index (κ3) is 3.30. The number of thiophene rings is 1. The predicted molar refractivity (Wildman–Crippen MR) is 81.3 cm³/mol. The highest BCUT2D eigenvalue weighted by molar-refractivity contribution is 7.18. The molecule has 0 atom stereocenters. The first-order valence-corrected chi connectivity index (χ1v) is 7.64. The fourth-order valence-electron chi connectivity index (χ4n) is 1.91. The van der Waals surface area contributed by atoms with Crippen LogP contribution in [0, 0.1) is 6.92 Å². The van der Waals surface area contributed by atoms with E-state index in [0.717, 1.165) is 17.8 Å². The number of ether oxygens (including phenoxy) is 1. The van der Waals surface area contributed by atoms with Crippen molar-refractivity contribution in [2.45, 2.75) is 34.1 Å². The molecule has 0 aromatic carbocycles. The molecule has 1 amide bonds. The van der Waals surface area contributed by atoms with Crippen molar-refractivity contribution in [1.82, 2.24) is 4.90 Å². The second-order valence-corrected chi connectivity index (χ2v) is 5.46. The lowest BCUT2D eigenvalue weighted by atomic mass is 10.1. The lowest BCUT2D eigenvalue weighted by Gasteiger charge is -2.18. The van der Waals surface area contributed by atoms with Gasteiger partial charge in [0.15, 0.2) is 0 Å². The molecule has 5 nitrogen and oxygen atoms in total. The summed E-state index contributed by atoms with van der Waals surface area (Å²) in [5.41, 5.74) is 6.83. The number of carbonyl (C=O) groups is 2. The number of rotatable bonds is 6. The fraction of sp³-hybridized carbons (Fsp3) is 0.571. The second-order valence-electron chi connectivity index (χ2n) is 4.41. The lowest BCUT2D eigenvalue weighted by Crippen LogP contribution is -2.30.